The molecule has 4 nitrogen and oxygen atoms in total. The summed E-state index contributed by atoms with van der Waals surface area (Å²) in [4.78, 5) is 11.8. The Morgan fingerprint density at radius 2 is 1.95 bits per heavy atom. The predicted octanol–water partition coefficient (Wildman–Crippen LogP) is 2.79. The van der Waals surface area contributed by atoms with Gasteiger partial charge in [0.25, 0.3) is 0 Å². The van der Waals surface area contributed by atoms with E-state index in [1.54, 1.807) is 7.11 Å². The minimum atomic E-state index is -0.499. The van der Waals surface area contributed by atoms with Crippen LogP contribution in [0.15, 0.2) is 51.7 Å². The van der Waals surface area contributed by atoms with E-state index in [2.05, 4.69) is 0 Å². The van der Waals surface area contributed by atoms with Crippen molar-refractivity contribution in [1.82, 2.24) is 4.57 Å². The summed E-state index contributed by atoms with van der Waals surface area (Å²) >= 11 is 0. The molecule has 0 N–H and O–H groups in total. The van der Waals surface area contributed by atoms with Gasteiger partial charge in [0.05, 0.1) is 19.2 Å². The van der Waals surface area contributed by atoms with Gasteiger partial charge in [0.2, 0.25) is 0 Å². The molecule has 102 valence electrons. The maximum absolute atomic E-state index is 13.3. The molecular formula is C15H12FNO3. The van der Waals surface area contributed by atoms with Gasteiger partial charge in [-0.05, 0) is 29.8 Å². The molecule has 0 amide bonds. The minimum Gasteiger partial charge on any atom is -0.497 e. The van der Waals surface area contributed by atoms with E-state index >= 15 is 0 Å². The molecule has 20 heavy (non-hydrogen) atoms. The number of fused-ring (bicyclic) bond motifs is 1. The molecule has 0 saturated carbocycles. The third-order valence-electron chi connectivity index (χ3n) is 3.13. The molecule has 1 heterocycles. The topological polar surface area (TPSA) is 44.4 Å². The second-order valence-electron chi connectivity index (χ2n) is 4.41. The lowest BCUT2D eigenvalue weighted by Crippen LogP contribution is -2.14. The number of methoxy groups -OCH3 is 1. The van der Waals surface area contributed by atoms with Gasteiger partial charge in [-0.3, -0.25) is 4.57 Å². The van der Waals surface area contributed by atoms with Crippen molar-refractivity contribution in [3.05, 3.63) is 64.4 Å². The molecule has 3 rings (SSSR count). The molecule has 5 heteroatoms. The van der Waals surface area contributed by atoms with Crippen molar-refractivity contribution in [3.63, 3.8) is 0 Å². The van der Waals surface area contributed by atoms with E-state index in [9.17, 15) is 9.18 Å². The average Bonchev–Trinajstić information content (AvgIpc) is 2.76. The zero-order valence-corrected chi connectivity index (χ0v) is 10.8. The van der Waals surface area contributed by atoms with E-state index in [0.717, 1.165) is 11.3 Å². The molecule has 0 fully saturated rings. The average molecular weight is 273 g/mol. The van der Waals surface area contributed by atoms with Crippen LogP contribution >= 0.6 is 0 Å². The van der Waals surface area contributed by atoms with Crippen LogP contribution in [0.4, 0.5) is 4.39 Å². The number of ether oxygens (including phenoxy) is 1. The van der Waals surface area contributed by atoms with E-state index < -0.39 is 11.6 Å². The molecule has 0 radical (unpaired) electrons. The highest BCUT2D eigenvalue weighted by Gasteiger charge is 2.10. The Kier molecular flexibility index (Phi) is 3.02. The molecule has 0 atom stereocenters. The van der Waals surface area contributed by atoms with E-state index in [-0.39, 0.29) is 0 Å². The largest absolute Gasteiger partial charge is 0.497 e. The Hall–Kier alpha value is -2.56. The monoisotopic (exact) mass is 273 g/mol. The standard InChI is InChI=1S/C15H12FNO3/c1-19-12-5-2-10(3-6-12)9-17-13-8-11(16)4-7-14(13)20-15(17)18/h2-8H,9H2,1H3. The summed E-state index contributed by atoms with van der Waals surface area (Å²) in [6.07, 6.45) is 0. The first-order chi connectivity index (χ1) is 9.67. The lowest BCUT2D eigenvalue weighted by molar-refractivity contribution is 0.414. The summed E-state index contributed by atoms with van der Waals surface area (Å²) in [7, 11) is 1.59. The summed E-state index contributed by atoms with van der Waals surface area (Å²) in [6.45, 7) is 0.319. The molecule has 0 spiro atoms. The Bertz CT molecular complexity index is 802. The highest BCUT2D eigenvalue weighted by Crippen LogP contribution is 2.17. The van der Waals surface area contributed by atoms with E-state index in [0.29, 0.717) is 17.6 Å². The van der Waals surface area contributed by atoms with Crippen molar-refractivity contribution in [2.75, 3.05) is 7.11 Å². The second kappa shape index (κ2) is 4.85. The maximum atomic E-state index is 13.3. The van der Waals surface area contributed by atoms with E-state index in [4.69, 9.17) is 9.15 Å². The Morgan fingerprint density at radius 1 is 1.20 bits per heavy atom. The van der Waals surface area contributed by atoms with Crippen molar-refractivity contribution in [3.8, 4) is 5.75 Å². The fourth-order valence-corrected chi connectivity index (χ4v) is 2.10. The van der Waals surface area contributed by atoms with Crippen LogP contribution < -0.4 is 10.5 Å². The third-order valence-corrected chi connectivity index (χ3v) is 3.13. The summed E-state index contributed by atoms with van der Waals surface area (Å²) in [5.74, 6) is -0.160. The summed E-state index contributed by atoms with van der Waals surface area (Å²) in [5.41, 5.74) is 1.73. The first kappa shape index (κ1) is 12.5. The van der Waals surface area contributed by atoms with Crippen LogP contribution in [0, 0.1) is 5.82 Å². The van der Waals surface area contributed by atoms with Crippen LogP contribution in [0.3, 0.4) is 0 Å². The number of halogens is 1. The first-order valence-electron chi connectivity index (χ1n) is 6.09. The first-order valence-corrected chi connectivity index (χ1v) is 6.09. The van der Waals surface area contributed by atoms with Gasteiger partial charge in [0.15, 0.2) is 5.58 Å². The molecular weight excluding hydrogens is 261 g/mol. The predicted molar refractivity (Wildman–Crippen MR) is 72.5 cm³/mol. The summed E-state index contributed by atoms with van der Waals surface area (Å²) < 4.78 is 24.9. The normalized spacial score (nSPS) is 10.9. The van der Waals surface area contributed by atoms with Crippen molar-refractivity contribution >= 4 is 11.1 Å². The Balaban J connectivity index is 2.03. The fraction of sp³-hybridized carbons (Fsp3) is 0.133. The van der Waals surface area contributed by atoms with Crippen LogP contribution in [0.1, 0.15) is 5.56 Å². The number of hydrogen-bond donors (Lipinski definition) is 0. The smallest absolute Gasteiger partial charge is 0.420 e. The Labute approximate surface area is 114 Å². The van der Waals surface area contributed by atoms with Gasteiger partial charge in [-0.15, -0.1) is 0 Å². The number of hydrogen-bond acceptors (Lipinski definition) is 3. The van der Waals surface area contributed by atoms with Gasteiger partial charge in [-0.1, -0.05) is 12.1 Å². The molecule has 0 saturated heterocycles. The second-order valence-corrected chi connectivity index (χ2v) is 4.41. The maximum Gasteiger partial charge on any atom is 0.420 e. The van der Waals surface area contributed by atoms with Gasteiger partial charge in [-0.25, -0.2) is 9.18 Å². The van der Waals surface area contributed by atoms with Crippen molar-refractivity contribution in [2.45, 2.75) is 6.54 Å². The van der Waals surface area contributed by atoms with Gasteiger partial charge >= 0.3 is 5.76 Å². The molecule has 0 bridgehead atoms. The van der Waals surface area contributed by atoms with Gasteiger partial charge in [0.1, 0.15) is 11.6 Å². The van der Waals surface area contributed by atoms with Gasteiger partial charge < -0.3 is 9.15 Å². The van der Waals surface area contributed by atoms with Crippen molar-refractivity contribution in [2.24, 2.45) is 0 Å². The zero-order valence-electron chi connectivity index (χ0n) is 10.8. The number of nitrogens with zero attached hydrogens (tertiary/aromatic N) is 1. The van der Waals surface area contributed by atoms with Crippen LogP contribution in [0.5, 0.6) is 5.75 Å². The molecule has 0 unspecified atom stereocenters. The van der Waals surface area contributed by atoms with Crippen LogP contribution in [-0.4, -0.2) is 11.7 Å². The van der Waals surface area contributed by atoms with Crippen LogP contribution in [-0.2, 0) is 6.54 Å². The molecule has 1 aromatic heterocycles. The van der Waals surface area contributed by atoms with Crippen molar-refractivity contribution < 1.29 is 13.5 Å². The SMILES string of the molecule is COc1ccc(Cn2c(=O)oc3ccc(F)cc32)cc1. The fourth-order valence-electron chi connectivity index (χ4n) is 2.10. The quantitative estimate of drug-likeness (QED) is 0.737. The molecule has 3 aromatic rings. The van der Waals surface area contributed by atoms with E-state index in [1.807, 2.05) is 24.3 Å². The van der Waals surface area contributed by atoms with Gasteiger partial charge in [-0.2, -0.15) is 0 Å². The van der Waals surface area contributed by atoms with E-state index in [1.165, 1.54) is 22.8 Å². The van der Waals surface area contributed by atoms with Crippen LogP contribution in [0.25, 0.3) is 11.1 Å². The number of aromatic nitrogens is 1. The lowest BCUT2D eigenvalue weighted by atomic mass is 10.2. The molecule has 0 aliphatic carbocycles. The summed E-state index contributed by atoms with van der Waals surface area (Å²) in [5, 5.41) is 0. The zero-order chi connectivity index (χ0) is 14.1. The Morgan fingerprint density at radius 3 is 2.65 bits per heavy atom. The highest BCUT2D eigenvalue weighted by atomic mass is 19.1. The highest BCUT2D eigenvalue weighted by molar-refractivity contribution is 5.72. The van der Waals surface area contributed by atoms with Gasteiger partial charge in [0, 0.05) is 6.07 Å². The third kappa shape index (κ3) is 2.18. The number of benzene rings is 2. The lowest BCUT2D eigenvalue weighted by Gasteiger charge is -2.04. The van der Waals surface area contributed by atoms with Crippen LogP contribution in [0.2, 0.25) is 0 Å². The molecule has 0 aliphatic rings. The molecule has 0 aliphatic heterocycles. The van der Waals surface area contributed by atoms with Crippen molar-refractivity contribution in [1.29, 1.82) is 0 Å². The molecule has 2 aromatic carbocycles. The number of rotatable bonds is 3. The summed E-state index contributed by atoms with van der Waals surface area (Å²) in [6, 6.07) is 11.3. The minimum absolute atomic E-state index is 0.319. The number of oxazole rings is 1.